The first kappa shape index (κ1) is 19.4. The maximum absolute atomic E-state index is 5.16. The molecule has 5 heterocycles. The van der Waals surface area contributed by atoms with Crippen LogP contribution in [0.15, 0.2) is 60.0 Å². The van der Waals surface area contributed by atoms with Gasteiger partial charge in [-0.05, 0) is 55.7 Å². The van der Waals surface area contributed by atoms with Gasteiger partial charge in [0.25, 0.3) is 0 Å². The van der Waals surface area contributed by atoms with Gasteiger partial charge in [0.2, 0.25) is 0 Å². The summed E-state index contributed by atoms with van der Waals surface area (Å²) in [6.45, 7) is 7.57. The zero-order valence-corrected chi connectivity index (χ0v) is 18.5. The third kappa shape index (κ3) is 3.23. The molecule has 0 aliphatic carbocycles. The fourth-order valence-electron chi connectivity index (χ4n) is 4.73. The SMILES string of the molecule is CCC1CSC2=NC(c3ccccn3)C(c3cc(C)n(Cc4cccnc4)c3C)N21. The zero-order valence-electron chi connectivity index (χ0n) is 17.7. The van der Waals surface area contributed by atoms with Crippen LogP contribution in [-0.2, 0) is 6.54 Å². The molecule has 30 heavy (non-hydrogen) atoms. The van der Waals surface area contributed by atoms with Crippen LogP contribution in [0.1, 0.15) is 53.6 Å². The molecule has 1 saturated heterocycles. The second-order valence-electron chi connectivity index (χ2n) is 8.11. The number of aryl methyl sites for hydroxylation is 1. The lowest BCUT2D eigenvalue weighted by Crippen LogP contribution is -2.35. The average Bonchev–Trinajstić information content (AvgIpc) is 3.43. The molecule has 3 unspecified atom stereocenters. The first-order valence-electron chi connectivity index (χ1n) is 10.6. The van der Waals surface area contributed by atoms with Gasteiger partial charge in [-0.1, -0.05) is 30.8 Å². The standard InChI is InChI=1S/C24H27N5S/c1-4-19-15-30-24-27-22(21-9-5-6-11-26-21)23(29(19)24)20-12-16(2)28(17(20)3)14-18-8-7-10-25-13-18/h5-13,19,22-23H,4,14-15H2,1-3H3. The van der Waals surface area contributed by atoms with Crippen molar-refractivity contribution in [2.24, 2.45) is 4.99 Å². The molecule has 6 heteroatoms. The van der Waals surface area contributed by atoms with Crippen LogP contribution in [0.2, 0.25) is 0 Å². The molecule has 1 fully saturated rings. The maximum atomic E-state index is 5.16. The summed E-state index contributed by atoms with van der Waals surface area (Å²) < 4.78 is 2.41. The molecule has 154 valence electrons. The molecule has 3 aromatic heterocycles. The molecule has 3 aromatic rings. The summed E-state index contributed by atoms with van der Waals surface area (Å²) in [5.74, 6) is 1.12. The van der Waals surface area contributed by atoms with Crippen molar-refractivity contribution in [1.29, 1.82) is 0 Å². The van der Waals surface area contributed by atoms with E-state index in [1.165, 1.54) is 27.7 Å². The first-order valence-corrected chi connectivity index (χ1v) is 11.6. The molecule has 3 atom stereocenters. The summed E-state index contributed by atoms with van der Waals surface area (Å²) in [5, 5.41) is 1.18. The molecule has 2 aliphatic heterocycles. The number of fused-ring (bicyclic) bond motifs is 1. The van der Waals surface area contributed by atoms with Crippen molar-refractivity contribution >= 4 is 16.9 Å². The second kappa shape index (κ2) is 7.91. The van der Waals surface area contributed by atoms with Crippen LogP contribution in [0, 0.1) is 13.8 Å². The number of amidine groups is 1. The summed E-state index contributed by atoms with van der Waals surface area (Å²) >= 11 is 1.90. The highest BCUT2D eigenvalue weighted by Crippen LogP contribution is 2.49. The van der Waals surface area contributed by atoms with Crippen molar-refractivity contribution in [2.75, 3.05) is 5.75 Å². The van der Waals surface area contributed by atoms with Crippen molar-refractivity contribution in [1.82, 2.24) is 19.4 Å². The molecular formula is C24H27N5S. The van der Waals surface area contributed by atoms with Gasteiger partial charge in [0, 0.05) is 48.3 Å². The smallest absolute Gasteiger partial charge is 0.160 e. The Bertz CT molecular complexity index is 1060. The van der Waals surface area contributed by atoms with Crippen molar-refractivity contribution in [3.63, 3.8) is 0 Å². The van der Waals surface area contributed by atoms with Crippen LogP contribution in [0.3, 0.4) is 0 Å². The largest absolute Gasteiger partial charge is 0.344 e. The highest BCUT2D eigenvalue weighted by Gasteiger charge is 2.46. The van der Waals surface area contributed by atoms with Gasteiger partial charge >= 0.3 is 0 Å². The Balaban J connectivity index is 1.57. The minimum absolute atomic E-state index is 0.0374. The highest BCUT2D eigenvalue weighted by molar-refractivity contribution is 8.14. The summed E-state index contributed by atoms with van der Waals surface area (Å²) in [7, 11) is 0. The second-order valence-corrected chi connectivity index (χ2v) is 9.10. The van der Waals surface area contributed by atoms with Crippen molar-refractivity contribution in [2.45, 2.75) is 51.9 Å². The first-order chi connectivity index (χ1) is 14.7. The summed E-state index contributed by atoms with van der Waals surface area (Å²) in [4.78, 5) is 16.7. The van der Waals surface area contributed by atoms with Crippen LogP contribution in [0.4, 0.5) is 0 Å². The van der Waals surface area contributed by atoms with E-state index in [-0.39, 0.29) is 12.1 Å². The van der Waals surface area contributed by atoms with E-state index in [1.54, 1.807) is 0 Å². The molecule has 0 N–H and O–H groups in total. The zero-order chi connectivity index (χ0) is 20.7. The van der Waals surface area contributed by atoms with Crippen LogP contribution in [-0.4, -0.2) is 36.4 Å². The third-order valence-electron chi connectivity index (χ3n) is 6.32. The molecule has 0 aromatic carbocycles. The van der Waals surface area contributed by atoms with Gasteiger partial charge in [0.1, 0.15) is 6.04 Å². The number of pyridine rings is 2. The summed E-state index contributed by atoms with van der Waals surface area (Å²) in [6.07, 6.45) is 6.80. The van der Waals surface area contributed by atoms with Crippen molar-refractivity contribution in [3.8, 4) is 0 Å². The lowest BCUT2D eigenvalue weighted by atomic mass is 9.95. The fourth-order valence-corrected chi connectivity index (χ4v) is 6.07. The molecule has 0 amide bonds. The molecule has 2 aliphatic rings. The Hall–Kier alpha value is -2.60. The Labute approximate surface area is 182 Å². The van der Waals surface area contributed by atoms with Gasteiger partial charge < -0.3 is 9.47 Å². The number of aromatic nitrogens is 3. The quantitative estimate of drug-likeness (QED) is 0.591. The predicted molar refractivity (Wildman–Crippen MR) is 123 cm³/mol. The Kier molecular flexibility index (Phi) is 5.11. The Morgan fingerprint density at radius 2 is 2.03 bits per heavy atom. The van der Waals surface area contributed by atoms with E-state index in [9.17, 15) is 0 Å². The lowest BCUT2D eigenvalue weighted by Gasteiger charge is -2.32. The predicted octanol–water partition coefficient (Wildman–Crippen LogP) is 4.92. The van der Waals surface area contributed by atoms with E-state index in [2.05, 4.69) is 64.5 Å². The number of hydrogen-bond donors (Lipinski definition) is 0. The molecule has 0 bridgehead atoms. The monoisotopic (exact) mass is 417 g/mol. The van der Waals surface area contributed by atoms with Gasteiger partial charge in [-0.25, -0.2) is 0 Å². The number of rotatable bonds is 5. The molecular weight excluding hydrogens is 390 g/mol. The molecule has 5 nitrogen and oxygen atoms in total. The van der Waals surface area contributed by atoms with Crippen LogP contribution < -0.4 is 0 Å². The minimum atomic E-state index is 0.0374. The van der Waals surface area contributed by atoms with E-state index >= 15 is 0 Å². The average molecular weight is 418 g/mol. The molecule has 0 radical (unpaired) electrons. The lowest BCUT2D eigenvalue weighted by molar-refractivity contribution is 0.254. The number of thioether (sulfide) groups is 1. The van der Waals surface area contributed by atoms with Gasteiger partial charge in [-0.3, -0.25) is 15.0 Å². The van der Waals surface area contributed by atoms with Crippen LogP contribution in [0.5, 0.6) is 0 Å². The van der Waals surface area contributed by atoms with Gasteiger partial charge in [0.05, 0.1) is 11.7 Å². The summed E-state index contributed by atoms with van der Waals surface area (Å²) in [6, 6.07) is 13.4. The number of aliphatic imine (C=N–C) groups is 1. The van der Waals surface area contributed by atoms with Crippen LogP contribution in [0.25, 0.3) is 0 Å². The Morgan fingerprint density at radius 1 is 1.13 bits per heavy atom. The number of hydrogen-bond acceptors (Lipinski definition) is 5. The van der Waals surface area contributed by atoms with E-state index in [0.29, 0.717) is 6.04 Å². The van der Waals surface area contributed by atoms with E-state index < -0.39 is 0 Å². The highest BCUT2D eigenvalue weighted by atomic mass is 32.2. The van der Waals surface area contributed by atoms with Crippen molar-refractivity contribution < 1.29 is 0 Å². The number of nitrogens with zero attached hydrogens (tertiary/aromatic N) is 5. The molecule has 5 rings (SSSR count). The van der Waals surface area contributed by atoms with Crippen molar-refractivity contribution in [3.05, 3.63) is 83.2 Å². The third-order valence-corrected chi connectivity index (χ3v) is 7.45. The maximum Gasteiger partial charge on any atom is 0.160 e. The van der Waals surface area contributed by atoms with Gasteiger partial charge in [0.15, 0.2) is 5.17 Å². The van der Waals surface area contributed by atoms with Gasteiger partial charge in [-0.15, -0.1) is 0 Å². The Morgan fingerprint density at radius 3 is 2.77 bits per heavy atom. The van der Waals surface area contributed by atoms with E-state index in [4.69, 9.17) is 4.99 Å². The fraction of sp³-hybridized carbons (Fsp3) is 0.375. The molecule has 0 saturated carbocycles. The van der Waals surface area contributed by atoms with E-state index in [0.717, 1.165) is 24.4 Å². The molecule has 0 spiro atoms. The minimum Gasteiger partial charge on any atom is -0.344 e. The topological polar surface area (TPSA) is 46.3 Å². The van der Waals surface area contributed by atoms with E-state index in [1.807, 2.05) is 42.5 Å². The van der Waals surface area contributed by atoms with Crippen LogP contribution >= 0.6 is 11.8 Å². The summed E-state index contributed by atoms with van der Waals surface area (Å²) in [5.41, 5.74) is 6.23. The normalized spacial score (nSPS) is 23.0. The van der Waals surface area contributed by atoms with Gasteiger partial charge in [-0.2, -0.15) is 0 Å².